The molecule has 0 saturated heterocycles. The summed E-state index contributed by atoms with van der Waals surface area (Å²) in [7, 11) is 0. The number of nitrogens with one attached hydrogen (secondary N) is 2. The SMILES string of the molecule is O=C(NNc1ncnc2sc3c(c12)CCCC3)c1ccn(C2CCCC2)n1. The standard InChI is InChI=1S/C19H22N6OS/c26-18(14-9-10-25(24-14)12-5-1-2-6-12)23-22-17-16-13-7-3-4-8-15(13)27-19(16)21-11-20-17/h9-12H,1-8H2,(H,23,26)(H,20,21,22). The first-order valence-electron chi connectivity index (χ1n) is 9.66. The number of hydrogen-bond acceptors (Lipinski definition) is 6. The van der Waals surface area contributed by atoms with E-state index in [0.29, 0.717) is 17.6 Å². The molecule has 7 nitrogen and oxygen atoms in total. The first-order chi connectivity index (χ1) is 13.3. The Balaban J connectivity index is 1.34. The van der Waals surface area contributed by atoms with Crippen molar-refractivity contribution < 1.29 is 4.79 Å². The number of carbonyl (C=O) groups excluding carboxylic acids is 1. The molecular weight excluding hydrogens is 360 g/mol. The fourth-order valence-electron chi connectivity index (χ4n) is 4.20. The molecule has 140 valence electrons. The topological polar surface area (TPSA) is 84.7 Å². The molecule has 2 aliphatic carbocycles. The fourth-order valence-corrected chi connectivity index (χ4v) is 5.43. The zero-order chi connectivity index (χ0) is 18.2. The minimum Gasteiger partial charge on any atom is -0.281 e. The molecule has 0 unspecified atom stereocenters. The number of fused-ring (bicyclic) bond motifs is 3. The van der Waals surface area contributed by atoms with Crippen LogP contribution in [0.15, 0.2) is 18.6 Å². The summed E-state index contributed by atoms with van der Waals surface area (Å²) in [6, 6.07) is 2.20. The number of aryl methyl sites for hydroxylation is 2. The predicted octanol–water partition coefficient (Wildman–Crippen LogP) is 3.64. The van der Waals surface area contributed by atoms with Crippen molar-refractivity contribution in [1.29, 1.82) is 0 Å². The van der Waals surface area contributed by atoms with Gasteiger partial charge < -0.3 is 0 Å². The van der Waals surface area contributed by atoms with Crippen molar-refractivity contribution in [3.8, 4) is 0 Å². The predicted molar refractivity (Wildman–Crippen MR) is 105 cm³/mol. The van der Waals surface area contributed by atoms with Gasteiger partial charge in [-0.25, -0.2) is 9.97 Å². The van der Waals surface area contributed by atoms with Crippen molar-refractivity contribution in [2.45, 2.75) is 57.4 Å². The monoisotopic (exact) mass is 382 g/mol. The van der Waals surface area contributed by atoms with E-state index >= 15 is 0 Å². The summed E-state index contributed by atoms with van der Waals surface area (Å²) in [5, 5.41) is 5.51. The Morgan fingerprint density at radius 3 is 2.89 bits per heavy atom. The van der Waals surface area contributed by atoms with Gasteiger partial charge in [0.15, 0.2) is 11.5 Å². The molecule has 0 aromatic carbocycles. The van der Waals surface area contributed by atoms with E-state index < -0.39 is 0 Å². The van der Waals surface area contributed by atoms with E-state index in [-0.39, 0.29) is 5.91 Å². The highest BCUT2D eigenvalue weighted by Gasteiger charge is 2.21. The Kier molecular flexibility index (Phi) is 4.27. The van der Waals surface area contributed by atoms with Crippen molar-refractivity contribution in [2.75, 3.05) is 5.43 Å². The maximum absolute atomic E-state index is 12.5. The highest BCUT2D eigenvalue weighted by atomic mass is 32.1. The molecule has 1 amide bonds. The summed E-state index contributed by atoms with van der Waals surface area (Å²) < 4.78 is 1.93. The number of nitrogens with zero attached hydrogens (tertiary/aromatic N) is 4. The minimum absolute atomic E-state index is 0.248. The molecule has 27 heavy (non-hydrogen) atoms. The van der Waals surface area contributed by atoms with Gasteiger partial charge in [-0.1, -0.05) is 12.8 Å². The molecule has 2 aliphatic rings. The first kappa shape index (κ1) is 16.7. The van der Waals surface area contributed by atoms with Crippen LogP contribution in [0.3, 0.4) is 0 Å². The maximum atomic E-state index is 12.5. The van der Waals surface area contributed by atoms with Gasteiger partial charge >= 0.3 is 0 Å². The number of amides is 1. The van der Waals surface area contributed by atoms with Gasteiger partial charge in [0.25, 0.3) is 5.91 Å². The number of hydrogen-bond donors (Lipinski definition) is 2. The van der Waals surface area contributed by atoms with E-state index in [0.717, 1.165) is 35.9 Å². The highest BCUT2D eigenvalue weighted by molar-refractivity contribution is 7.19. The van der Waals surface area contributed by atoms with Gasteiger partial charge in [-0.05, 0) is 50.2 Å². The average molecular weight is 382 g/mol. The van der Waals surface area contributed by atoms with Gasteiger partial charge in [-0.15, -0.1) is 11.3 Å². The van der Waals surface area contributed by atoms with Crippen LogP contribution in [0.25, 0.3) is 10.2 Å². The van der Waals surface area contributed by atoms with E-state index in [9.17, 15) is 4.79 Å². The third-order valence-electron chi connectivity index (χ3n) is 5.59. The van der Waals surface area contributed by atoms with E-state index in [2.05, 4.69) is 25.9 Å². The lowest BCUT2D eigenvalue weighted by molar-refractivity contribution is 0.0956. The molecule has 0 aliphatic heterocycles. The van der Waals surface area contributed by atoms with Gasteiger partial charge in [-0.3, -0.25) is 20.3 Å². The number of carbonyl (C=O) groups is 1. The number of thiophene rings is 1. The second-order valence-electron chi connectivity index (χ2n) is 7.31. The quantitative estimate of drug-likeness (QED) is 0.673. The molecule has 3 aromatic heterocycles. The van der Waals surface area contributed by atoms with Gasteiger partial charge in [0.1, 0.15) is 11.2 Å². The van der Waals surface area contributed by atoms with E-state index in [1.807, 2.05) is 10.9 Å². The number of hydrazine groups is 1. The summed E-state index contributed by atoms with van der Waals surface area (Å²) in [4.78, 5) is 23.7. The summed E-state index contributed by atoms with van der Waals surface area (Å²) in [5.41, 5.74) is 7.53. The summed E-state index contributed by atoms with van der Waals surface area (Å²) in [6.45, 7) is 0. The molecule has 2 N–H and O–H groups in total. The zero-order valence-corrected chi connectivity index (χ0v) is 15.9. The molecule has 3 heterocycles. The molecule has 1 saturated carbocycles. The lowest BCUT2D eigenvalue weighted by atomic mass is 9.97. The largest absolute Gasteiger partial charge is 0.290 e. The van der Waals surface area contributed by atoms with Gasteiger partial charge in [-0.2, -0.15) is 5.10 Å². The third kappa shape index (κ3) is 3.07. The Morgan fingerprint density at radius 2 is 2.00 bits per heavy atom. The molecule has 0 radical (unpaired) electrons. The maximum Gasteiger partial charge on any atom is 0.290 e. The van der Waals surface area contributed by atoms with Crippen molar-refractivity contribution >= 4 is 33.3 Å². The second kappa shape index (κ2) is 6.92. The Labute approximate surface area is 161 Å². The highest BCUT2D eigenvalue weighted by Crippen LogP contribution is 2.37. The van der Waals surface area contributed by atoms with Crippen molar-refractivity contribution in [3.63, 3.8) is 0 Å². The molecule has 5 rings (SSSR count). The smallest absolute Gasteiger partial charge is 0.281 e. The average Bonchev–Trinajstić information content (AvgIpc) is 3.44. The molecule has 0 spiro atoms. The van der Waals surface area contributed by atoms with Crippen LogP contribution in [-0.2, 0) is 12.8 Å². The van der Waals surface area contributed by atoms with E-state index in [4.69, 9.17) is 0 Å². The molecule has 0 bridgehead atoms. The molecule has 1 fully saturated rings. The van der Waals surface area contributed by atoms with Crippen molar-refractivity contribution in [1.82, 2.24) is 25.2 Å². The first-order valence-corrected chi connectivity index (χ1v) is 10.5. The molecular formula is C19H22N6OS. The Morgan fingerprint density at radius 1 is 1.15 bits per heavy atom. The van der Waals surface area contributed by atoms with Crippen LogP contribution in [0.4, 0.5) is 5.82 Å². The van der Waals surface area contributed by atoms with Crippen LogP contribution in [0, 0.1) is 0 Å². The fraction of sp³-hybridized carbons (Fsp3) is 0.474. The second-order valence-corrected chi connectivity index (χ2v) is 8.40. The van der Waals surface area contributed by atoms with E-state index in [1.165, 1.54) is 36.1 Å². The number of aromatic nitrogens is 4. The molecule has 3 aromatic rings. The van der Waals surface area contributed by atoms with Crippen LogP contribution in [0.2, 0.25) is 0 Å². The number of anilines is 1. The normalized spacial score (nSPS) is 17.2. The van der Waals surface area contributed by atoms with Crippen LogP contribution < -0.4 is 10.9 Å². The summed E-state index contributed by atoms with van der Waals surface area (Å²) in [5.74, 6) is 0.422. The summed E-state index contributed by atoms with van der Waals surface area (Å²) in [6.07, 6.45) is 12.8. The Hall–Kier alpha value is -2.48. The van der Waals surface area contributed by atoms with Crippen molar-refractivity contribution in [3.05, 3.63) is 34.7 Å². The van der Waals surface area contributed by atoms with Gasteiger partial charge in [0, 0.05) is 11.1 Å². The van der Waals surface area contributed by atoms with Gasteiger partial charge in [0.2, 0.25) is 0 Å². The van der Waals surface area contributed by atoms with Crippen LogP contribution in [0.1, 0.15) is 65.5 Å². The van der Waals surface area contributed by atoms with Crippen molar-refractivity contribution in [2.24, 2.45) is 0 Å². The lowest BCUT2D eigenvalue weighted by Gasteiger charge is -2.12. The third-order valence-corrected chi connectivity index (χ3v) is 6.79. The van der Waals surface area contributed by atoms with Crippen LogP contribution >= 0.6 is 11.3 Å². The van der Waals surface area contributed by atoms with Crippen LogP contribution in [-0.4, -0.2) is 25.7 Å². The number of rotatable bonds is 4. The minimum atomic E-state index is -0.248. The summed E-state index contributed by atoms with van der Waals surface area (Å²) >= 11 is 1.74. The molecule has 8 heteroatoms. The lowest BCUT2D eigenvalue weighted by Crippen LogP contribution is -2.30. The Bertz CT molecular complexity index is 987. The molecule has 0 atom stereocenters. The van der Waals surface area contributed by atoms with Gasteiger partial charge in [0.05, 0.1) is 11.4 Å². The van der Waals surface area contributed by atoms with E-state index in [1.54, 1.807) is 23.7 Å². The van der Waals surface area contributed by atoms with Crippen LogP contribution in [0.5, 0.6) is 0 Å². The zero-order valence-electron chi connectivity index (χ0n) is 15.1.